The Morgan fingerprint density at radius 2 is 2.15 bits per heavy atom. The van der Waals surface area contributed by atoms with Gasteiger partial charge in [-0.25, -0.2) is 0 Å². The van der Waals surface area contributed by atoms with Crippen molar-refractivity contribution >= 4 is 5.97 Å². The van der Waals surface area contributed by atoms with Gasteiger partial charge in [0.2, 0.25) is 0 Å². The number of ether oxygens (including phenoxy) is 1. The molecule has 1 saturated carbocycles. The molecule has 3 nitrogen and oxygen atoms in total. The van der Waals surface area contributed by atoms with Crippen LogP contribution < -0.4 is 0 Å². The van der Waals surface area contributed by atoms with Crippen LogP contribution in [0.25, 0.3) is 0 Å². The zero-order chi connectivity index (χ0) is 9.73. The normalized spacial score (nSPS) is 19.5. The Bertz CT molecular complexity index is 173. The van der Waals surface area contributed by atoms with Crippen molar-refractivity contribution in [2.75, 3.05) is 13.2 Å². The summed E-state index contributed by atoms with van der Waals surface area (Å²) in [6.45, 7) is 3.39. The zero-order valence-electron chi connectivity index (χ0n) is 8.21. The molecular weight excluding hydrogens is 168 g/mol. The van der Waals surface area contributed by atoms with E-state index >= 15 is 0 Å². The van der Waals surface area contributed by atoms with E-state index < -0.39 is 11.4 Å². The maximum absolute atomic E-state index is 10.9. The summed E-state index contributed by atoms with van der Waals surface area (Å²) in [5, 5.41) is 8.98. The Balaban J connectivity index is 2.21. The van der Waals surface area contributed by atoms with Gasteiger partial charge in [-0.1, -0.05) is 13.3 Å². The average Bonchev–Trinajstić information content (AvgIpc) is 2.01. The summed E-state index contributed by atoms with van der Waals surface area (Å²) in [7, 11) is 0. The molecular formula is C10H18O3. The van der Waals surface area contributed by atoms with Crippen molar-refractivity contribution < 1.29 is 14.6 Å². The Labute approximate surface area is 79.1 Å². The van der Waals surface area contributed by atoms with Crippen molar-refractivity contribution in [3.8, 4) is 0 Å². The molecule has 0 aromatic heterocycles. The molecule has 0 radical (unpaired) electrons. The standard InChI is InChI=1S/C10H18O3/c1-2-7-13-8-6-10(9(11)12)4-3-5-10/h2-8H2,1H3,(H,11,12). The second-order valence-corrected chi connectivity index (χ2v) is 3.80. The van der Waals surface area contributed by atoms with Crippen LogP contribution in [0.1, 0.15) is 39.0 Å². The Hall–Kier alpha value is -0.570. The predicted octanol–water partition coefficient (Wildman–Crippen LogP) is 2.06. The van der Waals surface area contributed by atoms with Crippen LogP contribution in [0.4, 0.5) is 0 Å². The van der Waals surface area contributed by atoms with Crippen LogP contribution in [0.15, 0.2) is 0 Å². The minimum absolute atomic E-state index is 0.437. The molecule has 0 unspecified atom stereocenters. The van der Waals surface area contributed by atoms with E-state index in [4.69, 9.17) is 9.84 Å². The number of carboxylic acids is 1. The molecule has 13 heavy (non-hydrogen) atoms. The van der Waals surface area contributed by atoms with Gasteiger partial charge in [-0.3, -0.25) is 4.79 Å². The van der Waals surface area contributed by atoms with Gasteiger partial charge in [0.25, 0.3) is 0 Å². The fraction of sp³-hybridized carbons (Fsp3) is 0.900. The molecule has 3 heteroatoms. The van der Waals surface area contributed by atoms with Crippen molar-refractivity contribution in [2.24, 2.45) is 5.41 Å². The van der Waals surface area contributed by atoms with Gasteiger partial charge in [0.05, 0.1) is 5.41 Å². The van der Waals surface area contributed by atoms with Crippen LogP contribution in [0.3, 0.4) is 0 Å². The first-order chi connectivity index (χ1) is 6.21. The SMILES string of the molecule is CCCOCCC1(C(=O)O)CCC1. The first-order valence-corrected chi connectivity index (χ1v) is 5.02. The van der Waals surface area contributed by atoms with Crippen molar-refractivity contribution in [3.63, 3.8) is 0 Å². The van der Waals surface area contributed by atoms with Crippen LogP contribution in [0, 0.1) is 5.41 Å². The molecule has 1 aliphatic carbocycles. The predicted molar refractivity (Wildman–Crippen MR) is 49.6 cm³/mol. The lowest BCUT2D eigenvalue weighted by Gasteiger charge is -2.37. The van der Waals surface area contributed by atoms with Crippen LogP contribution in [-0.2, 0) is 9.53 Å². The molecule has 0 aliphatic heterocycles. The molecule has 0 aromatic carbocycles. The van der Waals surface area contributed by atoms with E-state index in [2.05, 4.69) is 6.92 Å². The fourth-order valence-corrected chi connectivity index (χ4v) is 1.69. The van der Waals surface area contributed by atoms with Crippen molar-refractivity contribution in [1.82, 2.24) is 0 Å². The summed E-state index contributed by atoms with van der Waals surface area (Å²) in [5.41, 5.74) is -0.437. The van der Waals surface area contributed by atoms with E-state index in [1.807, 2.05) is 0 Å². The van der Waals surface area contributed by atoms with E-state index in [0.717, 1.165) is 32.3 Å². The van der Waals surface area contributed by atoms with Gasteiger partial charge in [0.1, 0.15) is 0 Å². The quantitative estimate of drug-likeness (QED) is 0.646. The van der Waals surface area contributed by atoms with Gasteiger partial charge in [-0.15, -0.1) is 0 Å². The minimum Gasteiger partial charge on any atom is -0.481 e. The average molecular weight is 186 g/mol. The highest BCUT2D eigenvalue weighted by molar-refractivity contribution is 5.75. The van der Waals surface area contributed by atoms with Crippen LogP contribution in [0.2, 0.25) is 0 Å². The largest absolute Gasteiger partial charge is 0.481 e. The van der Waals surface area contributed by atoms with Crippen LogP contribution in [-0.4, -0.2) is 24.3 Å². The van der Waals surface area contributed by atoms with Crippen molar-refractivity contribution in [2.45, 2.75) is 39.0 Å². The Morgan fingerprint density at radius 1 is 1.46 bits per heavy atom. The summed E-state index contributed by atoms with van der Waals surface area (Å²) in [6, 6.07) is 0. The molecule has 1 N–H and O–H groups in total. The van der Waals surface area contributed by atoms with Gasteiger partial charge in [-0.2, -0.15) is 0 Å². The first kappa shape index (κ1) is 10.5. The molecule has 0 saturated heterocycles. The second-order valence-electron chi connectivity index (χ2n) is 3.80. The van der Waals surface area contributed by atoms with Gasteiger partial charge in [0.15, 0.2) is 0 Å². The molecule has 0 bridgehead atoms. The molecule has 0 heterocycles. The lowest BCUT2D eigenvalue weighted by atomic mass is 9.67. The summed E-state index contributed by atoms with van der Waals surface area (Å²) in [6.07, 6.45) is 4.40. The topological polar surface area (TPSA) is 46.5 Å². The number of rotatable bonds is 6. The Morgan fingerprint density at radius 3 is 2.54 bits per heavy atom. The maximum Gasteiger partial charge on any atom is 0.309 e. The van der Waals surface area contributed by atoms with E-state index in [1.54, 1.807) is 0 Å². The second kappa shape index (κ2) is 4.61. The first-order valence-electron chi connectivity index (χ1n) is 5.02. The minimum atomic E-state index is -0.640. The zero-order valence-corrected chi connectivity index (χ0v) is 8.21. The van der Waals surface area contributed by atoms with Gasteiger partial charge in [-0.05, 0) is 25.7 Å². The smallest absolute Gasteiger partial charge is 0.309 e. The lowest BCUT2D eigenvalue weighted by Crippen LogP contribution is -2.38. The van der Waals surface area contributed by atoms with Gasteiger partial charge < -0.3 is 9.84 Å². The molecule has 76 valence electrons. The third kappa shape index (κ3) is 2.44. The number of carboxylic acid groups (broad SMARTS) is 1. The van der Waals surface area contributed by atoms with Crippen molar-refractivity contribution in [1.29, 1.82) is 0 Å². The van der Waals surface area contributed by atoms with E-state index in [1.165, 1.54) is 0 Å². The highest BCUT2D eigenvalue weighted by Crippen LogP contribution is 2.44. The molecule has 0 atom stereocenters. The third-order valence-corrected chi connectivity index (χ3v) is 2.84. The highest BCUT2D eigenvalue weighted by atomic mass is 16.5. The summed E-state index contributed by atoms with van der Waals surface area (Å²) >= 11 is 0. The van der Waals surface area contributed by atoms with Crippen LogP contribution in [0.5, 0.6) is 0 Å². The molecule has 1 aliphatic rings. The maximum atomic E-state index is 10.9. The number of aliphatic carboxylic acids is 1. The summed E-state index contributed by atoms with van der Waals surface area (Å²) in [5.74, 6) is -0.640. The molecule has 1 fully saturated rings. The molecule has 0 amide bonds. The Kier molecular flexibility index (Phi) is 3.72. The number of hydrogen-bond donors (Lipinski definition) is 1. The van der Waals surface area contributed by atoms with E-state index in [-0.39, 0.29) is 0 Å². The van der Waals surface area contributed by atoms with E-state index in [9.17, 15) is 4.79 Å². The fourth-order valence-electron chi connectivity index (χ4n) is 1.69. The molecule has 0 spiro atoms. The number of hydrogen-bond acceptors (Lipinski definition) is 2. The molecule has 0 aromatic rings. The highest BCUT2D eigenvalue weighted by Gasteiger charge is 2.43. The van der Waals surface area contributed by atoms with Crippen LogP contribution >= 0.6 is 0 Å². The third-order valence-electron chi connectivity index (χ3n) is 2.84. The lowest BCUT2D eigenvalue weighted by molar-refractivity contribution is -0.156. The molecule has 1 rings (SSSR count). The van der Waals surface area contributed by atoms with Gasteiger partial charge >= 0.3 is 5.97 Å². The van der Waals surface area contributed by atoms with E-state index in [0.29, 0.717) is 13.0 Å². The summed E-state index contributed by atoms with van der Waals surface area (Å²) < 4.78 is 5.30. The number of carbonyl (C=O) groups is 1. The monoisotopic (exact) mass is 186 g/mol. The van der Waals surface area contributed by atoms with Crippen molar-refractivity contribution in [3.05, 3.63) is 0 Å². The van der Waals surface area contributed by atoms with Gasteiger partial charge in [0, 0.05) is 13.2 Å². The summed E-state index contributed by atoms with van der Waals surface area (Å²) in [4.78, 5) is 10.9.